The highest BCUT2D eigenvalue weighted by Gasteiger charge is 2.06. The van der Waals surface area contributed by atoms with E-state index in [-0.39, 0.29) is 0 Å². The van der Waals surface area contributed by atoms with Crippen molar-refractivity contribution in [1.29, 1.82) is 5.41 Å². The summed E-state index contributed by atoms with van der Waals surface area (Å²) in [6, 6.07) is 5.91. The van der Waals surface area contributed by atoms with Gasteiger partial charge in [-0.15, -0.1) is 0 Å². The van der Waals surface area contributed by atoms with Gasteiger partial charge in [-0.25, -0.2) is 0 Å². The predicted octanol–water partition coefficient (Wildman–Crippen LogP) is 4.26. The zero-order chi connectivity index (χ0) is 13.5. The Morgan fingerprint density at radius 2 is 1.94 bits per heavy atom. The van der Waals surface area contributed by atoms with E-state index < -0.39 is 0 Å². The lowest BCUT2D eigenvalue weighted by Gasteiger charge is -2.10. The number of benzene rings is 1. The van der Waals surface area contributed by atoms with Gasteiger partial charge in [0.1, 0.15) is 5.75 Å². The lowest BCUT2D eigenvalue weighted by Crippen LogP contribution is -1.95. The topological polar surface area (TPSA) is 44.1 Å². The number of aromatic hydroxyl groups is 1. The molecule has 0 saturated heterocycles. The van der Waals surface area contributed by atoms with Gasteiger partial charge in [-0.05, 0) is 50.2 Å². The number of hydrogen-bond acceptors (Lipinski definition) is 2. The first kappa shape index (κ1) is 14.5. The van der Waals surface area contributed by atoms with Gasteiger partial charge >= 0.3 is 0 Å². The van der Waals surface area contributed by atoms with Crippen LogP contribution in [-0.2, 0) is 12.8 Å². The van der Waals surface area contributed by atoms with E-state index in [1.165, 1.54) is 0 Å². The van der Waals surface area contributed by atoms with Crippen LogP contribution in [0.25, 0.3) is 0 Å². The van der Waals surface area contributed by atoms with Gasteiger partial charge in [-0.3, -0.25) is 0 Å². The Kier molecular flexibility index (Phi) is 5.63. The van der Waals surface area contributed by atoms with Crippen molar-refractivity contribution in [3.63, 3.8) is 0 Å². The number of para-hydroxylation sites is 1. The molecule has 0 unspecified atom stereocenters. The summed E-state index contributed by atoms with van der Waals surface area (Å²) in [5.41, 5.74) is 3.81. The van der Waals surface area contributed by atoms with Crippen LogP contribution in [0.4, 0.5) is 0 Å². The summed E-state index contributed by atoms with van der Waals surface area (Å²) in [6.07, 6.45) is 4.31. The van der Waals surface area contributed by atoms with Crippen LogP contribution < -0.4 is 0 Å². The van der Waals surface area contributed by atoms with Crippen LogP contribution >= 0.6 is 0 Å². The van der Waals surface area contributed by atoms with Crippen LogP contribution in [0.15, 0.2) is 30.4 Å². The summed E-state index contributed by atoms with van der Waals surface area (Å²) in [6.45, 7) is 7.94. The second-order valence-electron chi connectivity index (χ2n) is 4.84. The minimum absolute atomic E-state index is 0.421. The summed E-state index contributed by atoms with van der Waals surface area (Å²) in [7, 11) is 0. The van der Waals surface area contributed by atoms with Crippen molar-refractivity contribution in [2.75, 3.05) is 0 Å². The Labute approximate surface area is 110 Å². The molecule has 0 saturated carbocycles. The first-order valence-corrected chi connectivity index (χ1v) is 6.55. The molecule has 0 heterocycles. The van der Waals surface area contributed by atoms with Gasteiger partial charge in [-0.1, -0.05) is 37.3 Å². The SMILES string of the molecule is C=C(CCCC(C)=N)Cc1cccc(CC)c1O. The molecule has 2 heteroatoms. The smallest absolute Gasteiger partial charge is 0.122 e. The Bertz CT molecular complexity index is 435. The largest absolute Gasteiger partial charge is 0.507 e. The number of allylic oxidation sites excluding steroid dienone is 1. The minimum Gasteiger partial charge on any atom is -0.507 e. The standard InChI is InChI=1S/C16H23NO/c1-4-14-9-6-10-15(16(14)18)11-12(2)7-5-8-13(3)17/h6,9-10,17-18H,2,4-5,7-8,11H2,1,3H3. The number of phenols is 1. The van der Waals surface area contributed by atoms with Crippen LogP contribution in [0.2, 0.25) is 0 Å². The highest BCUT2D eigenvalue weighted by atomic mass is 16.3. The van der Waals surface area contributed by atoms with Crippen LogP contribution in [0.5, 0.6) is 5.75 Å². The van der Waals surface area contributed by atoms with Crippen molar-refractivity contribution in [2.24, 2.45) is 0 Å². The fourth-order valence-corrected chi connectivity index (χ4v) is 2.03. The average molecular weight is 245 g/mol. The Balaban J connectivity index is 2.56. The number of aryl methyl sites for hydroxylation is 1. The van der Waals surface area contributed by atoms with Gasteiger partial charge in [0.2, 0.25) is 0 Å². The zero-order valence-electron chi connectivity index (χ0n) is 11.4. The molecule has 0 bridgehead atoms. The Hall–Kier alpha value is -1.57. The van der Waals surface area contributed by atoms with Crippen molar-refractivity contribution in [3.05, 3.63) is 41.5 Å². The summed E-state index contributed by atoms with van der Waals surface area (Å²) < 4.78 is 0. The molecule has 18 heavy (non-hydrogen) atoms. The molecule has 0 radical (unpaired) electrons. The molecule has 0 spiro atoms. The van der Waals surface area contributed by atoms with Crippen LogP contribution in [0.3, 0.4) is 0 Å². The van der Waals surface area contributed by atoms with Gasteiger partial charge in [0.15, 0.2) is 0 Å². The predicted molar refractivity (Wildman–Crippen MR) is 77.6 cm³/mol. The van der Waals surface area contributed by atoms with E-state index in [2.05, 4.69) is 6.58 Å². The second kappa shape index (κ2) is 7.00. The summed E-state index contributed by atoms with van der Waals surface area (Å²) in [4.78, 5) is 0. The summed E-state index contributed by atoms with van der Waals surface area (Å²) >= 11 is 0. The van der Waals surface area contributed by atoms with E-state index >= 15 is 0 Å². The van der Waals surface area contributed by atoms with Crippen molar-refractivity contribution in [2.45, 2.75) is 46.0 Å². The fraction of sp³-hybridized carbons (Fsp3) is 0.438. The average Bonchev–Trinajstić information content (AvgIpc) is 2.31. The molecule has 0 aliphatic heterocycles. The maximum absolute atomic E-state index is 10.1. The Morgan fingerprint density at radius 1 is 1.28 bits per heavy atom. The number of rotatable bonds is 7. The third-order valence-corrected chi connectivity index (χ3v) is 3.11. The molecule has 1 aromatic rings. The van der Waals surface area contributed by atoms with E-state index in [1.54, 1.807) is 0 Å². The molecule has 0 fully saturated rings. The highest BCUT2D eigenvalue weighted by molar-refractivity contribution is 5.78. The lowest BCUT2D eigenvalue weighted by molar-refractivity contribution is 0.462. The van der Waals surface area contributed by atoms with Gasteiger partial charge in [-0.2, -0.15) is 0 Å². The van der Waals surface area contributed by atoms with E-state index in [0.29, 0.717) is 5.75 Å². The lowest BCUT2D eigenvalue weighted by atomic mass is 9.98. The molecule has 0 aliphatic rings. The maximum Gasteiger partial charge on any atom is 0.122 e. The van der Waals surface area contributed by atoms with E-state index in [1.807, 2.05) is 32.0 Å². The fourth-order valence-electron chi connectivity index (χ4n) is 2.03. The Morgan fingerprint density at radius 3 is 2.56 bits per heavy atom. The highest BCUT2D eigenvalue weighted by Crippen LogP contribution is 2.26. The number of nitrogens with one attached hydrogen (secondary N) is 1. The molecule has 2 nitrogen and oxygen atoms in total. The van der Waals surface area contributed by atoms with Crippen molar-refractivity contribution < 1.29 is 5.11 Å². The van der Waals surface area contributed by atoms with Gasteiger partial charge in [0.25, 0.3) is 0 Å². The third kappa shape index (κ3) is 4.36. The molecular formula is C16H23NO. The quantitative estimate of drug-likeness (QED) is 0.547. The normalized spacial score (nSPS) is 10.3. The van der Waals surface area contributed by atoms with Gasteiger partial charge in [0, 0.05) is 5.71 Å². The molecule has 0 amide bonds. The summed E-state index contributed by atoms with van der Waals surface area (Å²) in [5, 5.41) is 17.5. The van der Waals surface area contributed by atoms with Crippen LogP contribution in [0, 0.1) is 5.41 Å². The van der Waals surface area contributed by atoms with Crippen LogP contribution in [0.1, 0.15) is 44.2 Å². The third-order valence-electron chi connectivity index (χ3n) is 3.11. The molecular weight excluding hydrogens is 222 g/mol. The molecule has 0 aromatic heterocycles. The van der Waals surface area contributed by atoms with E-state index in [4.69, 9.17) is 5.41 Å². The molecule has 0 atom stereocenters. The van der Waals surface area contributed by atoms with Crippen molar-refractivity contribution in [3.8, 4) is 5.75 Å². The van der Waals surface area contributed by atoms with Gasteiger partial charge < -0.3 is 10.5 Å². The van der Waals surface area contributed by atoms with Crippen molar-refractivity contribution >= 4 is 5.71 Å². The van der Waals surface area contributed by atoms with Gasteiger partial charge in [0.05, 0.1) is 0 Å². The first-order chi connectivity index (χ1) is 8.54. The maximum atomic E-state index is 10.1. The zero-order valence-corrected chi connectivity index (χ0v) is 11.4. The van der Waals surface area contributed by atoms with Crippen molar-refractivity contribution in [1.82, 2.24) is 0 Å². The molecule has 1 aromatic carbocycles. The molecule has 1 rings (SSSR count). The van der Waals surface area contributed by atoms with Crippen LogP contribution in [-0.4, -0.2) is 10.8 Å². The van der Waals surface area contributed by atoms with E-state index in [9.17, 15) is 5.11 Å². The number of phenolic OH excluding ortho intramolecular Hbond substituents is 1. The second-order valence-corrected chi connectivity index (χ2v) is 4.84. The number of hydrogen-bond donors (Lipinski definition) is 2. The van der Waals surface area contributed by atoms with E-state index in [0.717, 1.165) is 54.5 Å². The minimum atomic E-state index is 0.421. The summed E-state index contributed by atoms with van der Waals surface area (Å²) in [5.74, 6) is 0.421. The molecule has 2 N–H and O–H groups in total. The first-order valence-electron chi connectivity index (χ1n) is 6.55. The molecule has 0 aliphatic carbocycles. The monoisotopic (exact) mass is 245 g/mol. The molecule has 98 valence electrons.